The first-order valence-corrected chi connectivity index (χ1v) is 38.9. The van der Waals surface area contributed by atoms with E-state index in [4.69, 9.17) is 28.4 Å². The molecule has 0 aromatic carbocycles. The van der Waals surface area contributed by atoms with Crippen LogP contribution < -0.4 is 5.32 Å². The molecule has 3 saturated heterocycles. The molecule has 3 rings (SSSR count). The van der Waals surface area contributed by atoms with Gasteiger partial charge in [-0.1, -0.05) is 281 Å². The second-order valence-corrected chi connectivity index (χ2v) is 27.8. The molecule has 1 amide bonds. The van der Waals surface area contributed by atoms with Gasteiger partial charge in [-0.15, -0.1) is 0 Å². The lowest BCUT2D eigenvalue weighted by molar-refractivity contribution is -0.379. The number of hydrogen-bond acceptors (Lipinski definition) is 18. The van der Waals surface area contributed by atoms with Crippen LogP contribution >= 0.6 is 0 Å². The summed E-state index contributed by atoms with van der Waals surface area (Å²) < 4.78 is 34.4. The molecule has 17 unspecified atom stereocenters. The van der Waals surface area contributed by atoms with E-state index >= 15 is 0 Å². The lowest BCUT2D eigenvalue weighted by Crippen LogP contribution is -2.66. The van der Waals surface area contributed by atoms with E-state index < -0.39 is 124 Å². The van der Waals surface area contributed by atoms with Crippen molar-refractivity contribution in [2.45, 2.75) is 407 Å². The van der Waals surface area contributed by atoms with Gasteiger partial charge < -0.3 is 89.9 Å². The molecule has 19 nitrogen and oxygen atoms in total. The predicted octanol–water partition coefficient (Wildman–Crippen LogP) is 12.1. The minimum atomic E-state index is -1.98. The molecule has 0 saturated carbocycles. The second-order valence-electron chi connectivity index (χ2n) is 27.8. The quantitative estimate of drug-likeness (QED) is 0.0199. The first kappa shape index (κ1) is 88.0. The molecular weight excluding hydrogens is 1230 g/mol. The van der Waals surface area contributed by atoms with Crippen molar-refractivity contribution in [2.75, 3.05) is 26.4 Å². The van der Waals surface area contributed by atoms with Gasteiger partial charge in [0.1, 0.15) is 73.2 Å². The number of carbonyl (C=O) groups excluding carboxylic acids is 1. The second kappa shape index (κ2) is 58.3. The smallest absolute Gasteiger partial charge is 0.220 e. The summed E-state index contributed by atoms with van der Waals surface area (Å²) in [6.07, 6.45) is 45.4. The largest absolute Gasteiger partial charge is 0.394 e. The van der Waals surface area contributed by atoms with Crippen LogP contribution in [0.5, 0.6) is 0 Å². The zero-order chi connectivity index (χ0) is 69.6. The topological polar surface area (TPSA) is 307 Å². The molecule has 3 fully saturated rings. The Morgan fingerprint density at radius 3 is 1.12 bits per heavy atom. The fourth-order valence-electron chi connectivity index (χ4n) is 13.1. The molecule has 0 aromatic rings. The van der Waals surface area contributed by atoms with Crippen LogP contribution in [0.1, 0.15) is 303 Å². The van der Waals surface area contributed by atoms with Gasteiger partial charge in [0.2, 0.25) is 5.91 Å². The van der Waals surface area contributed by atoms with E-state index in [0.29, 0.717) is 12.8 Å². The van der Waals surface area contributed by atoms with Crippen molar-refractivity contribution in [2.24, 2.45) is 0 Å². The summed E-state index contributed by atoms with van der Waals surface area (Å²) in [6, 6.07) is -0.995. The van der Waals surface area contributed by atoms with E-state index in [9.17, 15) is 61.0 Å². The number of aliphatic hydroxyl groups excluding tert-OH is 11. The summed E-state index contributed by atoms with van der Waals surface area (Å²) in [4.78, 5) is 13.4. The molecule has 562 valence electrons. The third-order valence-corrected chi connectivity index (χ3v) is 19.3. The standard InChI is InChI=1S/C77H141NO18/c1-3-5-7-9-11-13-15-17-19-21-23-24-25-26-27-28-29-30-31-32-33-34-35-37-38-40-42-44-46-48-50-52-54-61(82)60(78-65(83)55-53-51-49-47-45-43-41-39-36-22-20-18-16-14-12-10-8-6-4-2)59-91-75-71(89)68(86)73(63(57-80)93-75)96-77-72(90)69(87)74(64(58-81)94-77)95-76-70(88)67(85)66(84)62(56-79)92-76/h12,14,18,20,44,46,52,54,60-64,66-77,79-82,84-90H,3-11,13,15-17,19,21-43,45,47-51,53,55-59H2,1-2H3,(H,78,83)/b14-12-,20-18-,46-44+,54-52+. The SMILES string of the molecule is CCCCC/C=C\C/C=C\CCCCCCCCCCCC(=O)NC(COC1OC(CO)C(OC2OC(CO)C(OC3OC(CO)C(O)C(O)C3O)C(O)C2O)C(O)C1O)C(O)/C=C/CC/C=C/CCCCCCCCCCCCCCCCCCCCCCCCCCCC. The Balaban J connectivity index is 1.39. The molecule has 19 heteroatoms. The number of unbranched alkanes of at least 4 members (excludes halogenated alkanes) is 39. The van der Waals surface area contributed by atoms with Crippen molar-refractivity contribution >= 4 is 5.91 Å². The fourth-order valence-corrected chi connectivity index (χ4v) is 13.1. The van der Waals surface area contributed by atoms with Gasteiger partial charge in [-0.2, -0.15) is 0 Å². The van der Waals surface area contributed by atoms with E-state index in [-0.39, 0.29) is 18.9 Å². The molecular formula is C77H141NO18. The third kappa shape index (κ3) is 38.7. The monoisotopic (exact) mass is 1370 g/mol. The molecule has 3 aliphatic rings. The van der Waals surface area contributed by atoms with E-state index in [1.807, 2.05) is 6.08 Å². The number of allylic oxidation sites excluding steroid dienone is 7. The maximum Gasteiger partial charge on any atom is 0.220 e. The molecule has 3 aliphatic heterocycles. The maximum absolute atomic E-state index is 13.4. The van der Waals surface area contributed by atoms with Gasteiger partial charge in [0.05, 0.1) is 38.6 Å². The molecule has 0 aliphatic carbocycles. The molecule has 0 spiro atoms. The van der Waals surface area contributed by atoms with Crippen molar-refractivity contribution < 1.29 is 89.4 Å². The third-order valence-electron chi connectivity index (χ3n) is 19.3. The zero-order valence-corrected chi connectivity index (χ0v) is 59.9. The Kier molecular flexibility index (Phi) is 53.4. The Morgan fingerprint density at radius 1 is 0.375 bits per heavy atom. The van der Waals surface area contributed by atoms with Crippen LogP contribution in [0.15, 0.2) is 48.6 Å². The number of carbonyl (C=O) groups is 1. The van der Waals surface area contributed by atoms with Gasteiger partial charge in [0, 0.05) is 6.42 Å². The molecule has 3 heterocycles. The zero-order valence-electron chi connectivity index (χ0n) is 59.9. The number of nitrogens with one attached hydrogen (secondary N) is 1. The van der Waals surface area contributed by atoms with Crippen LogP contribution in [0.25, 0.3) is 0 Å². The van der Waals surface area contributed by atoms with E-state index in [2.05, 4.69) is 55.6 Å². The van der Waals surface area contributed by atoms with Crippen molar-refractivity contribution in [3.05, 3.63) is 48.6 Å². The molecule has 96 heavy (non-hydrogen) atoms. The molecule has 0 bridgehead atoms. The van der Waals surface area contributed by atoms with Crippen molar-refractivity contribution in [3.8, 4) is 0 Å². The first-order chi connectivity index (χ1) is 46.8. The molecule has 12 N–H and O–H groups in total. The van der Waals surface area contributed by atoms with Gasteiger partial charge in [-0.25, -0.2) is 0 Å². The number of rotatable bonds is 61. The Bertz CT molecular complexity index is 1930. The summed E-state index contributed by atoms with van der Waals surface area (Å²) in [5.74, 6) is -0.288. The van der Waals surface area contributed by atoms with E-state index in [0.717, 1.165) is 57.8 Å². The number of ether oxygens (including phenoxy) is 6. The summed E-state index contributed by atoms with van der Waals surface area (Å²) >= 11 is 0. The fraction of sp³-hybridized carbons (Fsp3) is 0.883. The van der Waals surface area contributed by atoms with E-state index in [1.54, 1.807) is 6.08 Å². The molecule has 0 radical (unpaired) electrons. The minimum absolute atomic E-state index is 0.230. The summed E-state index contributed by atoms with van der Waals surface area (Å²) in [5, 5.41) is 121. The lowest BCUT2D eigenvalue weighted by atomic mass is 9.96. The lowest BCUT2D eigenvalue weighted by Gasteiger charge is -2.48. The van der Waals surface area contributed by atoms with Crippen LogP contribution in [0, 0.1) is 0 Å². The maximum atomic E-state index is 13.4. The van der Waals surface area contributed by atoms with E-state index in [1.165, 1.54) is 212 Å². The van der Waals surface area contributed by atoms with Crippen molar-refractivity contribution in [1.82, 2.24) is 5.32 Å². The average molecular weight is 1370 g/mol. The van der Waals surface area contributed by atoms with Crippen molar-refractivity contribution in [3.63, 3.8) is 0 Å². The Labute approximate surface area is 580 Å². The highest BCUT2D eigenvalue weighted by molar-refractivity contribution is 5.76. The Morgan fingerprint density at radius 2 is 0.698 bits per heavy atom. The van der Waals surface area contributed by atoms with Gasteiger partial charge in [0.15, 0.2) is 18.9 Å². The Hall–Kier alpha value is -2.25. The number of amides is 1. The van der Waals surface area contributed by atoms with Gasteiger partial charge in [0.25, 0.3) is 0 Å². The van der Waals surface area contributed by atoms with Crippen LogP contribution in [-0.4, -0.2) is 193 Å². The van der Waals surface area contributed by atoms with Crippen LogP contribution in [-0.2, 0) is 33.2 Å². The minimum Gasteiger partial charge on any atom is -0.394 e. The van der Waals surface area contributed by atoms with Gasteiger partial charge in [-0.05, 0) is 64.2 Å². The molecule has 17 atom stereocenters. The summed E-state index contributed by atoms with van der Waals surface area (Å²) in [6.45, 7) is 1.72. The van der Waals surface area contributed by atoms with Crippen LogP contribution in [0.2, 0.25) is 0 Å². The van der Waals surface area contributed by atoms with Crippen LogP contribution in [0.4, 0.5) is 0 Å². The van der Waals surface area contributed by atoms with Gasteiger partial charge in [-0.3, -0.25) is 4.79 Å². The molecule has 0 aromatic heterocycles. The van der Waals surface area contributed by atoms with Crippen molar-refractivity contribution in [1.29, 1.82) is 0 Å². The summed E-state index contributed by atoms with van der Waals surface area (Å²) in [5.41, 5.74) is 0. The van der Waals surface area contributed by atoms with Crippen LogP contribution in [0.3, 0.4) is 0 Å². The normalized spacial score (nSPS) is 27.3. The highest BCUT2D eigenvalue weighted by Crippen LogP contribution is 2.33. The predicted molar refractivity (Wildman–Crippen MR) is 379 cm³/mol. The average Bonchev–Trinajstić information content (AvgIpc) is 0.798. The summed E-state index contributed by atoms with van der Waals surface area (Å²) in [7, 11) is 0. The highest BCUT2D eigenvalue weighted by Gasteiger charge is 2.53. The first-order valence-electron chi connectivity index (χ1n) is 38.9. The number of aliphatic hydroxyl groups is 11. The van der Waals surface area contributed by atoms with Gasteiger partial charge >= 0.3 is 0 Å². The highest BCUT2D eigenvalue weighted by atomic mass is 16.8. The number of hydrogen-bond donors (Lipinski definition) is 12.